The number of carboxylic acids is 2. The summed E-state index contributed by atoms with van der Waals surface area (Å²) in [5, 5.41) is 18.3. The summed E-state index contributed by atoms with van der Waals surface area (Å²) in [5.41, 5.74) is -0.804. The van der Waals surface area contributed by atoms with Gasteiger partial charge in [-0.3, -0.25) is 0 Å². The quantitative estimate of drug-likeness (QED) is 0.538. The van der Waals surface area contributed by atoms with Gasteiger partial charge in [0.1, 0.15) is 0 Å². The molecule has 0 aliphatic rings. The average Bonchev–Trinajstić information content (AvgIpc) is 2.54. The van der Waals surface area contributed by atoms with E-state index in [1.54, 1.807) is 0 Å². The van der Waals surface area contributed by atoms with Crippen molar-refractivity contribution in [1.29, 1.82) is 0 Å². The number of aromatic carboxylic acids is 2. The van der Waals surface area contributed by atoms with Crippen LogP contribution in [0.25, 0.3) is 0 Å². The number of hydrogen-bond donors (Lipinski definition) is 2. The van der Waals surface area contributed by atoms with E-state index in [2.05, 4.69) is 0 Å². The van der Waals surface area contributed by atoms with Gasteiger partial charge in [-0.2, -0.15) is 0 Å². The fourth-order valence-corrected chi connectivity index (χ4v) is 10.4. The van der Waals surface area contributed by atoms with Gasteiger partial charge in [0.25, 0.3) is 0 Å². The van der Waals surface area contributed by atoms with Crippen LogP contribution in [0, 0.1) is 0 Å². The Morgan fingerprint density at radius 2 is 1.27 bits per heavy atom. The number of hydrogen-bond acceptors (Lipinski definition) is 5. The molecule has 0 aliphatic carbocycles. The van der Waals surface area contributed by atoms with Crippen molar-refractivity contribution in [3.05, 3.63) is 29.3 Å². The van der Waals surface area contributed by atoms with Gasteiger partial charge < -0.3 is 0 Å². The molecule has 148 valence electrons. The van der Waals surface area contributed by atoms with E-state index in [0.29, 0.717) is 18.5 Å². The van der Waals surface area contributed by atoms with E-state index in [4.69, 9.17) is 14.2 Å². The van der Waals surface area contributed by atoms with Crippen molar-refractivity contribution >= 4 is 29.5 Å². The van der Waals surface area contributed by atoms with Crippen molar-refractivity contribution in [2.45, 2.75) is 44.9 Å². The standard InChI is InChI=1S/C17H27O7PS/c1-4-7-25(8-5-2,9-6-3)24-26(22,23)15-11-13(16(18)19)10-14(12-15)17(20)21/h10-12,25H,4-9H2,1-3H3,(H,18,19)(H,20,21). The Morgan fingerprint density at radius 1 is 0.885 bits per heavy atom. The van der Waals surface area contributed by atoms with E-state index in [-0.39, 0.29) is 0 Å². The summed E-state index contributed by atoms with van der Waals surface area (Å²) in [6.45, 7) is 5.91. The summed E-state index contributed by atoms with van der Waals surface area (Å²) < 4.78 is 31.4. The van der Waals surface area contributed by atoms with Crippen molar-refractivity contribution in [3.8, 4) is 0 Å². The minimum atomic E-state index is -4.26. The minimum absolute atomic E-state index is 0.402. The molecule has 1 rings (SSSR count). The second-order valence-electron chi connectivity index (χ2n) is 6.33. The van der Waals surface area contributed by atoms with E-state index in [1.165, 1.54) is 0 Å². The molecule has 0 saturated heterocycles. The van der Waals surface area contributed by atoms with Crippen LogP contribution in [0.5, 0.6) is 0 Å². The van der Waals surface area contributed by atoms with Crippen LogP contribution in [0.3, 0.4) is 0 Å². The molecular formula is C17H27O7PS. The maximum absolute atomic E-state index is 12.8. The van der Waals surface area contributed by atoms with Crippen LogP contribution >= 0.6 is 7.49 Å². The van der Waals surface area contributed by atoms with Gasteiger partial charge in [-0.15, -0.1) is 0 Å². The summed E-state index contributed by atoms with van der Waals surface area (Å²) in [6, 6.07) is 2.83. The summed E-state index contributed by atoms with van der Waals surface area (Å²) in [5.74, 6) is -2.80. The van der Waals surface area contributed by atoms with Gasteiger partial charge in [0.2, 0.25) is 0 Å². The van der Waals surface area contributed by atoms with E-state index >= 15 is 0 Å². The molecule has 0 unspecified atom stereocenters. The summed E-state index contributed by atoms with van der Waals surface area (Å²) in [6.07, 6.45) is 4.40. The fraction of sp³-hybridized carbons (Fsp3) is 0.529. The van der Waals surface area contributed by atoms with E-state index in [9.17, 15) is 18.0 Å². The van der Waals surface area contributed by atoms with Gasteiger partial charge in [-0.05, 0) is 0 Å². The van der Waals surface area contributed by atoms with Crippen LogP contribution in [0.1, 0.15) is 60.7 Å². The third-order valence-electron chi connectivity index (χ3n) is 4.09. The van der Waals surface area contributed by atoms with E-state index < -0.39 is 45.6 Å². The van der Waals surface area contributed by atoms with Crippen LogP contribution < -0.4 is 0 Å². The van der Waals surface area contributed by atoms with Crippen LogP contribution in [0.15, 0.2) is 23.1 Å². The second kappa shape index (κ2) is 9.44. The zero-order valence-electron chi connectivity index (χ0n) is 15.3. The molecule has 0 fully saturated rings. The fourth-order valence-electron chi connectivity index (χ4n) is 3.14. The molecule has 26 heavy (non-hydrogen) atoms. The molecule has 0 radical (unpaired) electrons. The number of carboxylic acid groups (broad SMARTS) is 2. The molecule has 1 aromatic carbocycles. The Kier molecular flexibility index (Phi) is 8.18. The Morgan fingerprint density at radius 3 is 1.58 bits per heavy atom. The van der Waals surface area contributed by atoms with Crippen molar-refractivity contribution < 1.29 is 32.2 Å². The number of carbonyl (C=O) groups is 2. The molecule has 0 heterocycles. The van der Waals surface area contributed by atoms with Gasteiger partial charge in [0.05, 0.1) is 0 Å². The third kappa shape index (κ3) is 5.76. The van der Waals surface area contributed by atoms with Gasteiger partial charge in [-0.1, -0.05) is 0 Å². The Bertz CT molecular complexity index is 709. The van der Waals surface area contributed by atoms with Crippen LogP contribution in [-0.4, -0.2) is 49.1 Å². The van der Waals surface area contributed by atoms with Gasteiger partial charge in [0.15, 0.2) is 0 Å². The van der Waals surface area contributed by atoms with Gasteiger partial charge >= 0.3 is 154 Å². The van der Waals surface area contributed by atoms with Crippen LogP contribution in [0.2, 0.25) is 0 Å². The first-order valence-corrected chi connectivity index (χ1v) is 12.6. The first-order valence-electron chi connectivity index (χ1n) is 8.68. The molecular weight excluding hydrogens is 379 g/mol. The van der Waals surface area contributed by atoms with Crippen molar-refractivity contribution in [1.82, 2.24) is 0 Å². The SMILES string of the molecule is CCC[PH](CCC)(CCC)OS(=O)(=O)c1cc(C(=O)O)cc(C(=O)O)c1. The topological polar surface area (TPSA) is 118 Å². The van der Waals surface area contributed by atoms with E-state index in [1.807, 2.05) is 20.8 Å². The number of rotatable bonds is 11. The average molecular weight is 406 g/mol. The monoisotopic (exact) mass is 406 g/mol. The van der Waals surface area contributed by atoms with E-state index in [0.717, 1.165) is 37.5 Å². The molecule has 1 aromatic rings. The molecule has 0 aliphatic heterocycles. The Hall–Kier alpha value is -1.50. The van der Waals surface area contributed by atoms with Gasteiger partial charge in [-0.25, -0.2) is 0 Å². The van der Waals surface area contributed by atoms with Crippen LogP contribution in [0.4, 0.5) is 0 Å². The summed E-state index contributed by atoms with van der Waals surface area (Å²) in [7, 11) is -6.85. The second-order valence-corrected chi connectivity index (χ2v) is 12.2. The molecule has 0 bridgehead atoms. The molecule has 0 spiro atoms. The van der Waals surface area contributed by atoms with Crippen molar-refractivity contribution in [2.75, 3.05) is 18.5 Å². The molecule has 0 aromatic heterocycles. The van der Waals surface area contributed by atoms with Crippen LogP contribution in [-0.2, 0) is 14.1 Å². The predicted octanol–water partition coefficient (Wildman–Crippen LogP) is 3.68. The molecule has 2 N–H and O–H groups in total. The van der Waals surface area contributed by atoms with Crippen molar-refractivity contribution in [3.63, 3.8) is 0 Å². The summed E-state index contributed by atoms with van der Waals surface area (Å²) in [4.78, 5) is 22.0. The van der Waals surface area contributed by atoms with Crippen molar-refractivity contribution in [2.24, 2.45) is 0 Å². The predicted molar refractivity (Wildman–Crippen MR) is 102 cm³/mol. The molecule has 0 amide bonds. The molecule has 7 nitrogen and oxygen atoms in total. The first kappa shape index (κ1) is 22.5. The first-order chi connectivity index (χ1) is 12.1. The molecule has 0 saturated carbocycles. The zero-order valence-corrected chi connectivity index (χ0v) is 17.1. The molecule has 0 atom stereocenters. The molecule has 9 heteroatoms. The summed E-state index contributed by atoms with van der Waals surface area (Å²) >= 11 is 0. The number of benzene rings is 1. The third-order valence-corrected chi connectivity index (χ3v) is 11.4. The Labute approximate surface area is 154 Å². The zero-order chi connectivity index (χ0) is 20.0. The normalized spacial score (nSPS) is 12.7. The Balaban J connectivity index is 3.42. The van der Waals surface area contributed by atoms with Gasteiger partial charge in [0, 0.05) is 0 Å². The maximum atomic E-state index is 12.8.